The van der Waals surface area contributed by atoms with Crippen LogP contribution in [0.4, 0.5) is 5.69 Å². The first-order chi connectivity index (χ1) is 8.11. The zero-order valence-corrected chi connectivity index (χ0v) is 9.86. The average molecular weight is 238 g/mol. The first-order valence-electron chi connectivity index (χ1n) is 5.90. The molecular formula is C11H18N4O2. The Balaban J connectivity index is 1.88. The van der Waals surface area contributed by atoms with E-state index in [2.05, 4.69) is 15.5 Å². The summed E-state index contributed by atoms with van der Waals surface area (Å²) in [5.41, 5.74) is 7.28. The highest BCUT2D eigenvalue weighted by Crippen LogP contribution is 2.26. The van der Waals surface area contributed by atoms with E-state index in [4.69, 9.17) is 10.8 Å². The number of nitrogens with zero attached hydrogens (tertiary/aromatic N) is 1. The number of carbonyl (C=O) groups is 1. The summed E-state index contributed by atoms with van der Waals surface area (Å²) in [7, 11) is 0. The first-order valence-corrected chi connectivity index (χ1v) is 5.90. The standard InChI is InChI=1S/C11H18N4O2/c1-2-8-9(12)10(15-14-8)11(17)13-5-6-3-7(16)4-6/h6-7,16H,2-5,12H2,1H3,(H,13,17)(H,14,15). The van der Waals surface area contributed by atoms with Gasteiger partial charge in [-0.15, -0.1) is 0 Å². The minimum Gasteiger partial charge on any atom is -0.395 e. The summed E-state index contributed by atoms with van der Waals surface area (Å²) < 4.78 is 0. The van der Waals surface area contributed by atoms with Crippen LogP contribution in [0.1, 0.15) is 35.9 Å². The van der Waals surface area contributed by atoms with Crippen LogP contribution in [0.15, 0.2) is 0 Å². The third kappa shape index (κ3) is 2.41. The predicted molar refractivity (Wildman–Crippen MR) is 63.4 cm³/mol. The Kier molecular flexibility index (Phi) is 3.33. The largest absolute Gasteiger partial charge is 0.395 e. The van der Waals surface area contributed by atoms with Crippen molar-refractivity contribution >= 4 is 11.6 Å². The molecule has 0 aromatic carbocycles. The lowest BCUT2D eigenvalue weighted by Crippen LogP contribution is -2.38. The molecule has 17 heavy (non-hydrogen) atoms. The molecule has 6 heteroatoms. The molecule has 2 rings (SSSR count). The number of carbonyl (C=O) groups excluding carboxylic acids is 1. The number of rotatable bonds is 4. The normalized spacial score (nSPS) is 23.2. The number of hydrogen-bond acceptors (Lipinski definition) is 4. The van der Waals surface area contributed by atoms with Crippen LogP contribution in [0, 0.1) is 5.92 Å². The number of amides is 1. The fraction of sp³-hybridized carbons (Fsp3) is 0.636. The molecule has 0 saturated heterocycles. The molecule has 1 heterocycles. The Bertz CT molecular complexity index is 410. The van der Waals surface area contributed by atoms with E-state index >= 15 is 0 Å². The molecule has 1 aromatic heterocycles. The maximum atomic E-state index is 11.8. The lowest BCUT2D eigenvalue weighted by Gasteiger charge is -2.31. The van der Waals surface area contributed by atoms with Crippen molar-refractivity contribution in [1.82, 2.24) is 15.5 Å². The number of nitrogens with one attached hydrogen (secondary N) is 2. The zero-order chi connectivity index (χ0) is 12.4. The highest BCUT2D eigenvalue weighted by molar-refractivity contribution is 5.97. The monoisotopic (exact) mass is 238 g/mol. The van der Waals surface area contributed by atoms with Gasteiger partial charge < -0.3 is 16.2 Å². The second-order valence-corrected chi connectivity index (χ2v) is 4.52. The van der Waals surface area contributed by atoms with Crippen LogP contribution in [-0.4, -0.2) is 33.9 Å². The molecule has 1 fully saturated rings. The Morgan fingerprint density at radius 2 is 2.35 bits per heavy atom. The number of H-pyrrole nitrogens is 1. The van der Waals surface area contributed by atoms with Crippen LogP contribution in [-0.2, 0) is 6.42 Å². The van der Waals surface area contributed by atoms with Crippen LogP contribution in [0.5, 0.6) is 0 Å². The Hall–Kier alpha value is -1.56. The van der Waals surface area contributed by atoms with Crippen LogP contribution in [0.3, 0.4) is 0 Å². The van der Waals surface area contributed by atoms with Crippen molar-refractivity contribution in [3.63, 3.8) is 0 Å². The molecule has 0 radical (unpaired) electrons. The minimum absolute atomic E-state index is 0.195. The van der Waals surface area contributed by atoms with Gasteiger partial charge in [0.25, 0.3) is 5.91 Å². The van der Waals surface area contributed by atoms with E-state index in [-0.39, 0.29) is 17.7 Å². The van der Waals surface area contributed by atoms with Crippen molar-refractivity contribution < 1.29 is 9.90 Å². The number of nitrogen functional groups attached to an aromatic ring is 1. The van der Waals surface area contributed by atoms with E-state index in [1.165, 1.54) is 0 Å². The summed E-state index contributed by atoms with van der Waals surface area (Å²) in [6.07, 6.45) is 2.05. The summed E-state index contributed by atoms with van der Waals surface area (Å²) in [6, 6.07) is 0. The fourth-order valence-electron chi connectivity index (χ4n) is 2.02. The molecule has 1 aliphatic carbocycles. The Labute approximate surface area is 99.6 Å². The van der Waals surface area contributed by atoms with Crippen molar-refractivity contribution in [2.45, 2.75) is 32.3 Å². The van der Waals surface area contributed by atoms with Gasteiger partial charge in [-0.1, -0.05) is 6.92 Å². The number of aromatic amines is 1. The average Bonchev–Trinajstić information content (AvgIpc) is 2.64. The van der Waals surface area contributed by atoms with Gasteiger partial charge in [0.15, 0.2) is 5.69 Å². The van der Waals surface area contributed by atoms with Gasteiger partial charge in [-0.2, -0.15) is 5.10 Å². The molecule has 0 aliphatic heterocycles. The maximum Gasteiger partial charge on any atom is 0.273 e. The molecule has 5 N–H and O–H groups in total. The number of hydrogen-bond donors (Lipinski definition) is 4. The first kappa shape index (κ1) is 11.9. The highest BCUT2D eigenvalue weighted by Gasteiger charge is 2.27. The van der Waals surface area contributed by atoms with Gasteiger partial charge in [0.1, 0.15) is 0 Å². The van der Waals surface area contributed by atoms with Crippen molar-refractivity contribution in [3.8, 4) is 0 Å². The van der Waals surface area contributed by atoms with Crippen LogP contribution >= 0.6 is 0 Å². The molecule has 1 saturated carbocycles. The predicted octanol–water partition coefficient (Wildman–Crippen LogP) is 0.0550. The number of aliphatic hydroxyl groups excluding tert-OH is 1. The zero-order valence-electron chi connectivity index (χ0n) is 9.86. The summed E-state index contributed by atoms with van der Waals surface area (Å²) in [5.74, 6) is 0.125. The smallest absolute Gasteiger partial charge is 0.273 e. The second kappa shape index (κ2) is 4.75. The topological polar surface area (TPSA) is 104 Å². The van der Waals surface area contributed by atoms with Crippen LogP contribution in [0.2, 0.25) is 0 Å². The van der Waals surface area contributed by atoms with Gasteiger partial charge in [0, 0.05) is 6.54 Å². The summed E-state index contributed by atoms with van der Waals surface area (Å²) >= 11 is 0. The summed E-state index contributed by atoms with van der Waals surface area (Å²) in [5, 5.41) is 18.6. The Morgan fingerprint density at radius 3 is 2.88 bits per heavy atom. The van der Waals surface area contributed by atoms with Crippen molar-refractivity contribution in [2.24, 2.45) is 5.92 Å². The number of aliphatic hydroxyl groups is 1. The lowest BCUT2D eigenvalue weighted by atomic mass is 9.82. The minimum atomic E-state index is -0.250. The molecule has 0 spiro atoms. The van der Waals surface area contributed by atoms with E-state index in [1.807, 2.05) is 6.92 Å². The molecule has 0 atom stereocenters. The van der Waals surface area contributed by atoms with Gasteiger partial charge in [0.2, 0.25) is 0 Å². The molecule has 0 unspecified atom stereocenters. The van der Waals surface area contributed by atoms with E-state index in [0.717, 1.165) is 25.0 Å². The van der Waals surface area contributed by atoms with E-state index in [1.54, 1.807) is 0 Å². The molecular weight excluding hydrogens is 220 g/mol. The molecule has 94 valence electrons. The molecule has 0 bridgehead atoms. The van der Waals surface area contributed by atoms with Gasteiger partial charge in [-0.3, -0.25) is 9.89 Å². The number of nitrogens with two attached hydrogens (primary N) is 1. The second-order valence-electron chi connectivity index (χ2n) is 4.52. The molecule has 1 aliphatic rings. The number of aryl methyl sites for hydroxylation is 1. The van der Waals surface area contributed by atoms with Gasteiger partial charge in [0.05, 0.1) is 17.5 Å². The van der Waals surface area contributed by atoms with Crippen LogP contribution < -0.4 is 11.1 Å². The third-order valence-electron chi connectivity index (χ3n) is 3.21. The van der Waals surface area contributed by atoms with Gasteiger partial charge >= 0.3 is 0 Å². The molecule has 1 amide bonds. The van der Waals surface area contributed by atoms with Gasteiger partial charge in [-0.05, 0) is 25.2 Å². The molecule has 1 aromatic rings. The van der Waals surface area contributed by atoms with Gasteiger partial charge in [-0.25, -0.2) is 0 Å². The lowest BCUT2D eigenvalue weighted by molar-refractivity contribution is 0.0420. The van der Waals surface area contributed by atoms with Crippen molar-refractivity contribution in [3.05, 3.63) is 11.4 Å². The summed E-state index contributed by atoms with van der Waals surface area (Å²) in [4.78, 5) is 11.8. The SMILES string of the molecule is CCc1[nH]nc(C(=O)NCC2CC(O)C2)c1N. The molecule has 6 nitrogen and oxygen atoms in total. The number of anilines is 1. The third-order valence-corrected chi connectivity index (χ3v) is 3.21. The number of aromatic nitrogens is 2. The maximum absolute atomic E-state index is 11.8. The van der Waals surface area contributed by atoms with Crippen molar-refractivity contribution in [2.75, 3.05) is 12.3 Å². The summed E-state index contributed by atoms with van der Waals surface area (Å²) in [6.45, 7) is 2.52. The van der Waals surface area contributed by atoms with Crippen LogP contribution in [0.25, 0.3) is 0 Å². The fourth-order valence-corrected chi connectivity index (χ4v) is 2.02. The van der Waals surface area contributed by atoms with E-state index < -0.39 is 0 Å². The highest BCUT2D eigenvalue weighted by atomic mass is 16.3. The Morgan fingerprint density at radius 1 is 1.65 bits per heavy atom. The van der Waals surface area contributed by atoms with E-state index in [0.29, 0.717) is 18.2 Å². The van der Waals surface area contributed by atoms with E-state index in [9.17, 15) is 4.79 Å². The quantitative estimate of drug-likeness (QED) is 0.595. The van der Waals surface area contributed by atoms with Crippen molar-refractivity contribution in [1.29, 1.82) is 0 Å².